The molecule has 0 bridgehead atoms. The lowest BCUT2D eigenvalue weighted by Crippen LogP contribution is -2.32. The van der Waals surface area contributed by atoms with Gasteiger partial charge in [-0.05, 0) is 106 Å². The van der Waals surface area contributed by atoms with Gasteiger partial charge >= 0.3 is 0 Å². The number of hydrogen-bond donors (Lipinski definition) is 0. The monoisotopic (exact) mass is 908 g/mol. The SMILES string of the molecule is c1ccc(C2(c3ccccc3)c3cc(N4c5ccccc5C5N=c6ccccc6=NC5c5ccccc54)ccc3-c3ccc(N4c5ccccc5C5N=c6ccccc6=NC5c5ccccc54)cc32)cc1. The molecular weight excluding hydrogens is 865 g/mol. The van der Waals surface area contributed by atoms with Crippen LogP contribution in [0.25, 0.3) is 11.1 Å². The van der Waals surface area contributed by atoms with Gasteiger partial charge in [-0.15, -0.1) is 0 Å². The fourth-order valence-corrected chi connectivity index (χ4v) is 12.5. The molecule has 0 saturated carbocycles. The summed E-state index contributed by atoms with van der Waals surface area (Å²) in [6, 6.07) is 87.6. The van der Waals surface area contributed by atoms with Crippen LogP contribution < -0.4 is 31.2 Å². The molecule has 4 heterocycles. The summed E-state index contributed by atoms with van der Waals surface area (Å²) < 4.78 is 0. The van der Waals surface area contributed by atoms with Gasteiger partial charge in [0.05, 0.1) is 49.6 Å². The van der Waals surface area contributed by atoms with E-state index in [9.17, 15) is 0 Å². The average Bonchev–Trinajstić information content (AvgIpc) is 3.59. The Bertz CT molecular complexity index is 3640. The second-order valence-electron chi connectivity index (χ2n) is 19.1. The van der Waals surface area contributed by atoms with Crippen LogP contribution in [0.5, 0.6) is 0 Å². The smallest absolute Gasteiger partial charge is 0.104 e. The third kappa shape index (κ3) is 5.82. The first-order valence-electron chi connectivity index (χ1n) is 24.6. The molecule has 15 rings (SSSR count). The lowest BCUT2D eigenvalue weighted by Gasteiger charge is -2.36. The maximum absolute atomic E-state index is 5.46. The molecule has 1 aliphatic carbocycles. The Kier molecular flexibility index (Phi) is 8.72. The number of nitrogens with zero attached hydrogens (tertiary/aromatic N) is 6. The second kappa shape index (κ2) is 15.5. The summed E-state index contributed by atoms with van der Waals surface area (Å²) in [7, 11) is 0. The van der Waals surface area contributed by atoms with Gasteiger partial charge in [-0.3, -0.25) is 20.0 Å². The number of para-hydroxylation sites is 8. The van der Waals surface area contributed by atoms with Crippen molar-refractivity contribution in [1.29, 1.82) is 0 Å². The van der Waals surface area contributed by atoms with Crippen molar-refractivity contribution < 1.29 is 0 Å². The fourth-order valence-electron chi connectivity index (χ4n) is 12.5. The molecule has 6 heteroatoms. The molecule has 0 spiro atoms. The summed E-state index contributed by atoms with van der Waals surface area (Å²) in [6.07, 6.45) is 0. The zero-order valence-electron chi connectivity index (χ0n) is 38.6. The Morgan fingerprint density at radius 2 is 0.563 bits per heavy atom. The van der Waals surface area contributed by atoms with Crippen LogP contribution >= 0.6 is 0 Å². The zero-order chi connectivity index (χ0) is 46.6. The number of benzene rings is 10. The molecule has 334 valence electrons. The van der Waals surface area contributed by atoms with Crippen LogP contribution in [0, 0.1) is 0 Å². The van der Waals surface area contributed by atoms with E-state index in [1.165, 1.54) is 33.4 Å². The van der Waals surface area contributed by atoms with Crippen molar-refractivity contribution in [2.45, 2.75) is 29.6 Å². The minimum absolute atomic E-state index is 0.187. The molecule has 10 aromatic rings. The van der Waals surface area contributed by atoms with Crippen molar-refractivity contribution in [3.63, 3.8) is 0 Å². The number of anilines is 6. The van der Waals surface area contributed by atoms with Gasteiger partial charge in [0.25, 0.3) is 0 Å². The van der Waals surface area contributed by atoms with Gasteiger partial charge < -0.3 is 9.80 Å². The first kappa shape index (κ1) is 39.9. The van der Waals surface area contributed by atoms with Crippen LogP contribution in [0.3, 0.4) is 0 Å². The van der Waals surface area contributed by atoms with Crippen molar-refractivity contribution in [2.24, 2.45) is 20.0 Å². The van der Waals surface area contributed by atoms with Gasteiger partial charge in [0.15, 0.2) is 0 Å². The van der Waals surface area contributed by atoms with Gasteiger partial charge in [-0.2, -0.15) is 0 Å². The van der Waals surface area contributed by atoms with Crippen LogP contribution in [0.2, 0.25) is 0 Å². The molecule has 4 aliphatic heterocycles. The van der Waals surface area contributed by atoms with Crippen molar-refractivity contribution >= 4 is 34.1 Å². The van der Waals surface area contributed by atoms with Crippen molar-refractivity contribution in [2.75, 3.05) is 9.80 Å². The summed E-state index contributed by atoms with van der Waals surface area (Å²) in [6.45, 7) is 0. The van der Waals surface area contributed by atoms with Crippen LogP contribution in [0.1, 0.15) is 68.7 Å². The minimum Gasteiger partial charge on any atom is -0.310 e. The minimum atomic E-state index is -0.699. The molecule has 71 heavy (non-hydrogen) atoms. The molecule has 0 N–H and O–H groups in total. The van der Waals surface area contributed by atoms with Gasteiger partial charge in [-0.1, -0.05) is 170 Å². The number of rotatable bonds is 4. The molecule has 0 fully saturated rings. The number of fused-ring (bicyclic) bond motifs is 15. The summed E-state index contributed by atoms with van der Waals surface area (Å²) in [4.78, 5) is 26.8. The van der Waals surface area contributed by atoms with E-state index in [4.69, 9.17) is 20.0 Å². The standard InChI is InChI=1S/C65H44N6/c1-3-19-41(20-4-1)65(42-21-5-2-6-22-42)51-39-43(70-57-31-15-7-23-47(57)61-62(48-24-8-16-32-58(48)70)67-54-28-12-11-27-53(54)66-61)35-37-45(51)46-38-36-44(40-52(46)65)71-59-33-17-9-25-49(59)63-64(50-26-10-18-34-60(50)71)69-56-30-14-13-29-55(56)68-63/h1-40,61-64H. The van der Waals surface area contributed by atoms with Crippen LogP contribution in [-0.4, -0.2) is 0 Å². The lowest BCUT2D eigenvalue weighted by atomic mass is 9.67. The van der Waals surface area contributed by atoms with E-state index >= 15 is 0 Å². The third-order valence-corrected chi connectivity index (χ3v) is 15.5. The maximum Gasteiger partial charge on any atom is 0.104 e. The van der Waals surface area contributed by atoms with E-state index in [0.717, 1.165) is 77.8 Å². The predicted octanol–water partition coefficient (Wildman–Crippen LogP) is 13.1. The first-order valence-corrected chi connectivity index (χ1v) is 24.6. The van der Waals surface area contributed by atoms with E-state index < -0.39 is 5.41 Å². The van der Waals surface area contributed by atoms with Crippen molar-refractivity contribution in [1.82, 2.24) is 0 Å². The molecule has 0 amide bonds. The highest BCUT2D eigenvalue weighted by Gasteiger charge is 2.48. The maximum atomic E-state index is 5.46. The molecule has 6 nitrogen and oxygen atoms in total. The van der Waals surface area contributed by atoms with Gasteiger partial charge in [-0.25, -0.2) is 0 Å². The summed E-state index contributed by atoms with van der Waals surface area (Å²) in [5, 5.41) is 3.72. The van der Waals surface area contributed by atoms with E-state index in [1.54, 1.807) is 0 Å². The fraction of sp³-hybridized carbons (Fsp3) is 0.0769. The average molecular weight is 909 g/mol. The topological polar surface area (TPSA) is 55.9 Å². The predicted molar refractivity (Wildman–Crippen MR) is 282 cm³/mol. The molecule has 0 saturated heterocycles. The third-order valence-electron chi connectivity index (χ3n) is 15.5. The Balaban J connectivity index is 0.974. The Labute approximate surface area is 411 Å². The molecule has 10 aromatic carbocycles. The van der Waals surface area contributed by atoms with Crippen molar-refractivity contribution in [3.05, 3.63) is 309 Å². The van der Waals surface area contributed by atoms with Gasteiger partial charge in [0.1, 0.15) is 24.2 Å². The Hall–Kier alpha value is -9.00. The molecule has 4 atom stereocenters. The van der Waals surface area contributed by atoms with Crippen molar-refractivity contribution in [3.8, 4) is 11.1 Å². The lowest BCUT2D eigenvalue weighted by molar-refractivity contribution is 0.541. The second-order valence-corrected chi connectivity index (χ2v) is 19.1. The van der Waals surface area contributed by atoms with E-state index in [2.05, 4.69) is 252 Å². The van der Waals surface area contributed by atoms with Crippen LogP contribution in [0.4, 0.5) is 34.1 Å². The van der Waals surface area contributed by atoms with Crippen LogP contribution in [0.15, 0.2) is 263 Å². The zero-order valence-corrected chi connectivity index (χ0v) is 38.6. The van der Waals surface area contributed by atoms with Crippen LogP contribution in [-0.2, 0) is 5.41 Å². The highest BCUT2D eigenvalue weighted by molar-refractivity contribution is 5.93. The summed E-state index contributed by atoms with van der Waals surface area (Å²) >= 11 is 0. The van der Waals surface area contributed by atoms with Gasteiger partial charge in [0, 0.05) is 33.6 Å². The molecular formula is C65H44N6. The number of hydrogen-bond acceptors (Lipinski definition) is 6. The highest BCUT2D eigenvalue weighted by atomic mass is 15.2. The molecule has 0 radical (unpaired) electrons. The largest absolute Gasteiger partial charge is 0.310 e. The van der Waals surface area contributed by atoms with Gasteiger partial charge in [0.2, 0.25) is 0 Å². The van der Waals surface area contributed by atoms with E-state index in [1.807, 2.05) is 0 Å². The quantitative estimate of drug-likeness (QED) is 0.177. The normalized spacial score (nSPS) is 18.9. The Morgan fingerprint density at radius 3 is 0.887 bits per heavy atom. The van der Waals surface area contributed by atoms with E-state index in [0.29, 0.717) is 0 Å². The summed E-state index contributed by atoms with van der Waals surface area (Å²) in [5.41, 5.74) is 17.8. The molecule has 4 unspecified atom stereocenters. The molecule has 5 aliphatic rings. The van der Waals surface area contributed by atoms with E-state index in [-0.39, 0.29) is 24.2 Å². The molecule has 0 aromatic heterocycles. The summed E-state index contributed by atoms with van der Waals surface area (Å²) in [5.74, 6) is 0. The Morgan fingerprint density at radius 1 is 0.282 bits per heavy atom. The first-order chi connectivity index (χ1) is 35.2. The highest BCUT2D eigenvalue weighted by Crippen LogP contribution is 2.60.